The Morgan fingerprint density at radius 2 is 1.68 bits per heavy atom. The lowest BCUT2D eigenvalue weighted by Crippen LogP contribution is -2.34. The second-order valence-electron chi connectivity index (χ2n) is 11.8. The lowest BCUT2D eigenvalue weighted by Gasteiger charge is -2.31. The minimum atomic E-state index is -0.273. The molecule has 5 rings (SSSR count). The molecular weight excluding hydrogens is 469 g/mol. The van der Waals surface area contributed by atoms with Crippen LogP contribution >= 0.6 is 0 Å². The van der Waals surface area contributed by atoms with Crippen molar-refractivity contribution in [3.05, 3.63) is 88.4 Å². The van der Waals surface area contributed by atoms with Crippen LogP contribution in [-0.2, 0) is 0 Å². The number of carbonyl (C=O) groups excluding carboxylic acids is 1. The van der Waals surface area contributed by atoms with E-state index < -0.39 is 0 Å². The van der Waals surface area contributed by atoms with Crippen molar-refractivity contribution in [2.45, 2.75) is 97.4 Å². The first-order valence-corrected chi connectivity index (χ1v) is 14.9. The van der Waals surface area contributed by atoms with Crippen molar-refractivity contribution < 1.29 is 9.18 Å². The van der Waals surface area contributed by atoms with Gasteiger partial charge in [-0.2, -0.15) is 0 Å². The first kappa shape index (κ1) is 28.3. The molecular formula is C35H46FNO. The molecule has 0 radical (unpaired) electrons. The SMILES string of the molecule is C=CC1=C(/C=C/c2ccc(C(=O)C3CCCC3)c(C)c2F)CC1.CC(C)C1=CNC(C2CCCCC2)C=C1. The summed E-state index contributed by atoms with van der Waals surface area (Å²) in [6.45, 7) is 10.00. The van der Waals surface area contributed by atoms with Gasteiger partial charge in [-0.3, -0.25) is 4.79 Å². The van der Waals surface area contributed by atoms with E-state index in [4.69, 9.17) is 0 Å². The third-order valence-electron chi connectivity index (χ3n) is 8.96. The van der Waals surface area contributed by atoms with Crippen LogP contribution in [0.5, 0.6) is 0 Å². The molecule has 0 saturated heterocycles. The van der Waals surface area contributed by atoms with Gasteiger partial charge in [-0.05, 0) is 79.6 Å². The van der Waals surface area contributed by atoms with E-state index in [-0.39, 0.29) is 17.5 Å². The van der Waals surface area contributed by atoms with E-state index in [1.54, 1.807) is 19.1 Å². The Bertz CT molecular complexity index is 1120. The number of carbonyl (C=O) groups is 1. The monoisotopic (exact) mass is 515 g/mol. The summed E-state index contributed by atoms with van der Waals surface area (Å²) in [5.74, 6) is 1.45. The van der Waals surface area contributed by atoms with E-state index in [9.17, 15) is 9.18 Å². The molecule has 1 aliphatic heterocycles. The van der Waals surface area contributed by atoms with E-state index in [0.29, 0.717) is 28.7 Å². The number of allylic oxidation sites excluding steroid dienone is 6. The maximum absolute atomic E-state index is 14.6. The fourth-order valence-electron chi connectivity index (χ4n) is 6.19. The molecule has 1 aromatic rings. The third-order valence-corrected chi connectivity index (χ3v) is 8.96. The number of nitrogens with one attached hydrogen (secondary N) is 1. The molecule has 38 heavy (non-hydrogen) atoms. The second kappa shape index (κ2) is 13.4. The molecule has 0 bridgehead atoms. The number of ketones is 1. The third kappa shape index (κ3) is 6.84. The number of rotatable bonds is 7. The molecule has 1 atom stereocenters. The van der Waals surface area contributed by atoms with Crippen LogP contribution in [0.1, 0.15) is 106 Å². The van der Waals surface area contributed by atoms with Gasteiger partial charge in [-0.1, -0.05) is 95.0 Å². The Hall–Kier alpha value is -2.68. The normalized spacial score (nSPS) is 22.1. The van der Waals surface area contributed by atoms with E-state index in [2.05, 4.69) is 44.1 Å². The van der Waals surface area contributed by atoms with Crippen molar-refractivity contribution in [2.24, 2.45) is 17.8 Å². The standard InChI is InChI=1S/C21H23FO.C14H23N/c1-3-15-8-9-16(15)10-11-17-12-13-19(14(2)20(17)22)21(23)18-6-4-5-7-18;1-11(2)13-8-9-14(15-10-13)12-6-4-3-5-7-12/h3,10-13,18H,1,4-9H2,2H3;8-12,14-15H,3-7H2,1-2H3/b11-10+;. The molecule has 1 N–H and O–H groups in total. The fourth-order valence-corrected chi connectivity index (χ4v) is 6.19. The lowest BCUT2D eigenvalue weighted by atomic mass is 9.82. The highest BCUT2D eigenvalue weighted by Gasteiger charge is 2.26. The van der Waals surface area contributed by atoms with Crippen LogP contribution in [0.3, 0.4) is 0 Å². The fraction of sp³-hybridized carbons (Fsp3) is 0.514. The zero-order valence-electron chi connectivity index (χ0n) is 23.7. The summed E-state index contributed by atoms with van der Waals surface area (Å²) >= 11 is 0. The smallest absolute Gasteiger partial charge is 0.166 e. The Labute approximate surface area is 229 Å². The van der Waals surface area contributed by atoms with Crippen molar-refractivity contribution in [3.63, 3.8) is 0 Å². The summed E-state index contributed by atoms with van der Waals surface area (Å²) < 4.78 is 14.6. The van der Waals surface area contributed by atoms with Gasteiger partial charge in [0.05, 0.1) is 0 Å². The minimum absolute atomic E-state index is 0.0878. The van der Waals surface area contributed by atoms with Crippen LogP contribution in [-0.4, -0.2) is 11.8 Å². The Kier molecular flexibility index (Phi) is 9.99. The van der Waals surface area contributed by atoms with Crippen LogP contribution < -0.4 is 5.32 Å². The summed E-state index contributed by atoms with van der Waals surface area (Å²) in [5, 5.41) is 3.57. The molecule has 0 amide bonds. The Morgan fingerprint density at radius 3 is 2.26 bits per heavy atom. The molecule has 0 aromatic heterocycles. The van der Waals surface area contributed by atoms with Gasteiger partial charge in [-0.25, -0.2) is 4.39 Å². The zero-order valence-corrected chi connectivity index (χ0v) is 23.7. The average molecular weight is 516 g/mol. The molecule has 3 aliphatic carbocycles. The number of benzene rings is 1. The maximum atomic E-state index is 14.6. The molecule has 1 unspecified atom stereocenters. The summed E-state index contributed by atoms with van der Waals surface area (Å²) in [6.07, 6.45) is 25.9. The van der Waals surface area contributed by atoms with E-state index >= 15 is 0 Å². The van der Waals surface area contributed by atoms with Gasteiger partial charge in [0.25, 0.3) is 0 Å². The molecule has 0 spiro atoms. The van der Waals surface area contributed by atoms with E-state index in [1.807, 2.05) is 18.2 Å². The molecule has 2 fully saturated rings. The lowest BCUT2D eigenvalue weighted by molar-refractivity contribution is 0.0921. The number of dihydropyridines is 1. The first-order chi connectivity index (χ1) is 18.4. The summed E-state index contributed by atoms with van der Waals surface area (Å²) in [7, 11) is 0. The van der Waals surface area contributed by atoms with Crippen molar-refractivity contribution in [1.29, 1.82) is 0 Å². The van der Waals surface area contributed by atoms with E-state index in [1.165, 1.54) is 48.8 Å². The van der Waals surface area contributed by atoms with Gasteiger partial charge in [0.15, 0.2) is 5.78 Å². The quantitative estimate of drug-likeness (QED) is 0.366. The highest BCUT2D eigenvalue weighted by Crippen LogP contribution is 2.32. The van der Waals surface area contributed by atoms with Crippen molar-refractivity contribution in [2.75, 3.05) is 0 Å². The zero-order chi connectivity index (χ0) is 27.1. The number of Topliss-reactive ketones (excluding diaryl/α,β-unsaturated/α-hetero) is 1. The van der Waals surface area contributed by atoms with Crippen LogP contribution in [0.25, 0.3) is 6.08 Å². The molecule has 1 heterocycles. The molecule has 3 heteroatoms. The minimum Gasteiger partial charge on any atom is -0.384 e. The van der Waals surface area contributed by atoms with Crippen LogP contribution in [0.4, 0.5) is 4.39 Å². The summed E-state index contributed by atoms with van der Waals surface area (Å²) in [4.78, 5) is 12.5. The molecule has 2 nitrogen and oxygen atoms in total. The van der Waals surface area contributed by atoms with Crippen molar-refractivity contribution in [3.8, 4) is 0 Å². The number of hydrogen-bond acceptors (Lipinski definition) is 2. The van der Waals surface area contributed by atoms with E-state index in [0.717, 1.165) is 44.4 Å². The van der Waals surface area contributed by atoms with Gasteiger partial charge in [0.1, 0.15) is 5.82 Å². The molecule has 204 valence electrons. The summed E-state index contributed by atoms with van der Waals surface area (Å²) in [5.41, 5.74) is 5.49. The summed E-state index contributed by atoms with van der Waals surface area (Å²) in [6, 6.07) is 4.13. The van der Waals surface area contributed by atoms with Crippen molar-refractivity contribution in [1.82, 2.24) is 5.32 Å². The van der Waals surface area contributed by atoms with Crippen molar-refractivity contribution >= 4 is 11.9 Å². The predicted molar refractivity (Wildman–Crippen MR) is 158 cm³/mol. The predicted octanol–water partition coefficient (Wildman–Crippen LogP) is 9.43. The average Bonchev–Trinajstić information content (AvgIpc) is 3.47. The molecule has 2 saturated carbocycles. The highest BCUT2D eigenvalue weighted by atomic mass is 19.1. The topological polar surface area (TPSA) is 29.1 Å². The number of halogens is 1. The highest BCUT2D eigenvalue weighted by molar-refractivity contribution is 5.99. The van der Waals surface area contributed by atoms with Crippen LogP contribution in [0.15, 0.2) is 65.9 Å². The Balaban J connectivity index is 0.000000194. The van der Waals surface area contributed by atoms with Gasteiger partial charge in [0, 0.05) is 29.3 Å². The van der Waals surface area contributed by atoms with Gasteiger partial charge >= 0.3 is 0 Å². The second-order valence-corrected chi connectivity index (χ2v) is 11.8. The largest absolute Gasteiger partial charge is 0.384 e. The van der Waals surface area contributed by atoms with Gasteiger partial charge < -0.3 is 5.32 Å². The van der Waals surface area contributed by atoms with Gasteiger partial charge in [0.2, 0.25) is 0 Å². The first-order valence-electron chi connectivity index (χ1n) is 14.9. The molecule has 1 aromatic carbocycles. The Morgan fingerprint density at radius 1 is 1.00 bits per heavy atom. The van der Waals surface area contributed by atoms with Crippen LogP contribution in [0, 0.1) is 30.5 Å². The maximum Gasteiger partial charge on any atom is 0.166 e. The van der Waals surface area contributed by atoms with Crippen LogP contribution in [0.2, 0.25) is 0 Å². The number of hydrogen-bond donors (Lipinski definition) is 1. The molecule has 4 aliphatic rings. The van der Waals surface area contributed by atoms with Gasteiger partial charge in [-0.15, -0.1) is 0 Å².